The van der Waals surface area contributed by atoms with E-state index in [0.717, 1.165) is 27.8 Å². The number of halogens is 2. The number of hydrogen-bond acceptors (Lipinski definition) is 2. The van der Waals surface area contributed by atoms with E-state index in [0.29, 0.717) is 5.70 Å². The van der Waals surface area contributed by atoms with Crippen molar-refractivity contribution in [1.82, 2.24) is 9.97 Å². The Balaban J connectivity index is 1.95. The van der Waals surface area contributed by atoms with Gasteiger partial charge in [-0.3, -0.25) is 4.98 Å². The minimum absolute atomic E-state index is 0.0793. The van der Waals surface area contributed by atoms with Crippen LogP contribution >= 0.6 is 11.6 Å². The number of nitrogens with zero attached hydrogens (tertiary/aromatic N) is 1. The maximum atomic E-state index is 13.4. The van der Waals surface area contributed by atoms with Crippen molar-refractivity contribution in [3.8, 4) is 0 Å². The summed E-state index contributed by atoms with van der Waals surface area (Å²) in [5, 5.41) is 3.28. The third-order valence-electron chi connectivity index (χ3n) is 3.31. The fourth-order valence-electron chi connectivity index (χ4n) is 2.25. The number of nitrogens with one attached hydrogen (secondary N) is 2. The first kappa shape index (κ1) is 13.6. The van der Waals surface area contributed by atoms with Gasteiger partial charge in [0.05, 0.1) is 16.2 Å². The SMILES string of the molecule is C=C(Nc1c[nH]c2cccnc12)c1cc(Cl)c(F)cc1C. The molecule has 21 heavy (non-hydrogen) atoms. The summed E-state index contributed by atoms with van der Waals surface area (Å²) in [4.78, 5) is 7.45. The van der Waals surface area contributed by atoms with Crippen LogP contribution in [0, 0.1) is 12.7 Å². The molecule has 106 valence electrons. The molecule has 0 bridgehead atoms. The van der Waals surface area contributed by atoms with Crippen LogP contribution in [0.3, 0.4) is 0 Å². The molecule has 0 amide bonds. The van der Waals surface area contributed by atoms with Crippen molar-refractivity contribution in [2.24, 2.45) is 0 Å². The summed E-state index contributed by atoms with van der Waals surface area (Å²) >= 11 is 5.84. The molecule has 0 atom stereocenters. The fraction of sp³-hybridized carbons (Fsp3) is 0.0625. The zero-order valence-electron chi connectivity index (χ0n) is 11.4. The third-order valence-corrected chi connectivity index (χ3v) is 3.60. The topological polar surface area (TPSA) is 40.7 Å². The second-order valence-corrected chi connectivity index (χ2v) is 5.19. The van der Waals surface area contributed by atoms with Crippen LogP contribution < -0.4 is 5.32 Å². The molecule has 0 spiro atoms. The predicted molar refractivity (Wildman–Crippen MR) is 84.9 cm³/mol. The van der Waals surface area contributed by atoms with Crippen LogP contribution in [0.15, 0.2) is 43.2 Å². The molecule has 5 heteroatoms. The number of rotatable bonds is 3. The summed E-state index contributed by atoms with van der Waals surface area (Å²) in [5.41, 5.74) is 4.75. The highest BCUT2D eigenvalue weighted by atomic mass is 35.5. The molecule has 2 aromatic heterocycles. The summed E-state index contributed by atoms with van der Waals surface area (Å²) in [7, 11) is 0. The standard InChI is InChI=1S/C16H13ClFN3/c1-9-6-13(18)12(17)7-11(9)10(2)21-15-8-20-14-4-3-5-19-16(14)15/h3-8,20-21H,2H2,1H3. The van der Waals surface area contributed by atoms with Gasteiger partial charge in [-0.15, -0.1) is 0 Å². The van der Waals surface area contributed by atoms with Gasteiger partial charge in [-0.1, -0.05) is 18.2 Å². The van der Waals surface area contributed by atoms with E-state index in [4.69, 9.17) is 11.6 Å². The van der Waals surface area contributed by atoms with E-state index in [9.17, 15) is 4.39 Å². The highest BCUT2D eigenvalue weighted by Gasteiger charge is 2.11. The van der Waals surface area contributed by atoms with Crippen LogP contribution in [-0.4, -0.2) is 9.97 Å². The van der Waals surface area contributed by atoms with Crippen LogP contribution in [0.4, 0.5) is 10.1 Å². The highest BCUT2D eigenvalue weighted by molar-refractivity contribution is 6.31. The smallest absolute Gasteiger partial charge is 0.142 e. The molecular formula is C16H13ClFN3. The molecule has 0 aliphatic heterocycles. The first-order valence-electron chi connectivity index (χ1n) is 6.40. The molecule has 0 unspecified atom stereocenters. The highest BCUT2D eigenvalue weighted by Crippen LogP contribution is 2.28. The maximum absolute atomic E-state index is 13.4. The lowest BCUT2D eigenvalue weighted by Gasteiger charge is -2.12. The number of aromatic nitrogens is 2. The molecular weight excluding hydrogens is 289 g/mol. The predicted octanol–water partition coefficient (Wildman–Crippen LogP) is 4.75. The number of benzene rings is 1. The van der Waals surface area contributed by atoms with Crippen LogP contribution in [0.2, 0.25) is 5.02 Å². The number of hydrogen-bond donors (Lipinski definition) is 2. The molecule has 3 nitrogen and oxygen atoms in total. The maximum Gasteiger partial charge on any atom is 0.142 e. The van der Waals surface area contributed by atoms with Crippen LogP contribution in [0.1, 0.15) is 11.1 Å². The van der Waals surface area contributed by atoms with Gasteiger partial charge in [0.2, 0.25) is 0 Å². The first-order chi connectivity index (χ1) is 10.1. The lowest BCUT2D eigenvalue weighted by molar-refractivity contribution is 0.627. The van der Waals surface area contributed by atoms with E-state index < -0.39 is 5.82 Å². The van der Waals surface area contributed by atoms with Crippen LogP contribution in [0.5, 0.6) is 0 Å². The Bertz CT molecular complexity index is 839. The van der Waals surface area contributed by atoms with E-state index in [1.54, 1.807) is 12.3 Å². The largest absolute Gasteiger partial charge is 0.358 e. The Morgan fingerprint density at radius 1 is 1.43 bits per heavy atom. The molecule has 3 rings (SSSR count). The number of aryl methyl sites for hydroxylation is 1. The van der Waals surface area contributed by atoms with Crippen molar-refractivity contribution in [2.75, 3.05) is 5.32 Å². The van der Waals surface area contributed by atoms with Gasteiger partial charge in [0.25, 0.3) is 0 Å². The van der Waals surface area contributed by atoms with Gasteiger partial charge in [0, 0.05) is 23.7 Å². The van der Waals surface area contributed by atoms with Crippen LogP contribution in [-0.2, 0) is 0 Å². The van der Waals surface area contributed by atoms with Gasteiger partial charge in [0.15, 0.2) is 0 Å². The van der Waals surface area contributed by atoms with Gasteiger partial charge < -0.3 is 10.3 Å². The lowest BCUT2D eigenvalue weighted by atomic mass is 10.1. The Kier molecular flexibility index (Phi) is 3.39. The number of pyridine rings is 1. The normalized spacial score (nSPS) is 10.8. The second kappa shape index (κ2) is 5.22. The molecule has 0 saturated carbocycles. The summed E-state index contributed by atoms with van der Waals surface area (Å²) in [5.74, 6) is -0.431. The molecule has 0 fully saturated rings. The molecule has 3 aromatic rings. The Morgan fingerprint density at radius 3 is 3.05 bits per heavy atom. The van der Waals surface area contributed by atoms with Gasteiger partial charge >= 0.3 is 0 Å². The van der Waals surface area contributed by atoms with Gasteiger partial charge in [-0.25, -0.2) is 4.39 Å². The number of aromatic amines is 1. The van der Waals surface area contributed by atoms with Gasteiger partial charge in [0.1, 0.15) is 11.3 Å². The summed E-state index contributed by atoms with van der Waals surface area (Å²) in [6, 6.07) is 6.78. The number of H-pyrrole nitrogens is 1. The summed E-state index contributed by atoms with van der Waals surface area (Å²) < 4.78 is 13.4. The minimum Gasteiger partial charge on any atom is -0.358 e. The Morgan fingerprint density at radius 2 is 2.24 bits per heavy atom. The van der Waals surface area contributed by atoms with E-state index in [1.807, 2.05) is 25.3 Å². The minimum atomic E-state index is -0.431. The van der Waals surface area contributed by atoms with Gasteiger partial charge in [-0.05, 0) is 36.8 Å². The number of anilines is 1. The van der Waals surface area contributed by atoms with E-state index >= 15 is 0 Å². The summed E-state index contributed by atoms with van der Waals surface area (Å²) in [6.07, 6.45) is 3.55. The Hall–Kier alpha value is -2.33. The molecule has 0 radical (unpaired) electrons. The van der Waals surface area contributed by atoms with Crippen molar-refractivity contribution < 1.29 is 4.39 Å². The fourth-order valence-corrected chi connectivity index (χ4v) is 2.41. The molecule has 0 aliphatic rings. The molecule has 2 N–H and O–H groups in total. The molecule has 2 heterocycles. The number of fused-ring (bicyclic) bond motifs is 1. The molecule has 0 saturated heterocycles. The molecule has 1 aromatic carbocycles. The second-order valence-electron chi connectivity index (χ2n) is 4.79. The van der Waals surface area contributed by atoms with Crippen molar-refractivity contribution in [2.45, 2.75) is 6.92 Å². The van der Waals surface area contributed by atoms with Crippen molar-refractivity contribution in [1.29, 1.82) is 0 Å². The van der Waals surface area contributed by atoms with E-state index in [-0.39, 0.29) is 5.02 Å². The van der Waals surface area contributed by atoms with Crippen molar-refractivity contribution >= 4 is 34.0 Å². The molecule has 0 aliphatic carbocycles. The Labute approximate surface area is 126 Å². The monoisotopic (exact) mass is 301 g/mol. The summed E-state index contributed by atoms with van der Waals surface area (Å²) in [6.45, 7) is 5.82. The lowest BCUT2D eigenvalue weighted by Crippen LogP contribution is -2.00. The zero-order chi connectivity index (χ0) is 15.0. The van der Waals surface area contributed by atoms with Gasteiger partial charge in [-0.2, -0.15) is 0 Å². The zero-order valence-corrected chi connectivity index (χ0v) is 12.1. The van der Waals surface area contributed by atoms with Crippen molar-refractivity contribution in [3.63, 3.8) is 0 Å². The van der Waals surface area contributed by atoms with E-state index in [2.05, 4.69) is 21.9 Å². The van der Waals surface area contributed by atoms with E-state index in [1.165, 1.54) is 6.07 Å². The average Bonchev–Trinajstić information content (AvgIpc) is 2.86. The quantitative estimate of drug-likeness (QED) is 0.733. The first-order valence-corrected chi connectivity index (χ1v) is 6.78. The van der Waals surface area contributed by atoms with Crippen LogP contribution in [0.25, 0.3) is 16.7 Å². The third kappa shape index (κ3) is 2.50. The average molecular weight is 302 g/mol. The van der Waals surface area contributed by atoms with Crippen molar-refractivity contribution in [3.05, 3.63) is 65.2 Å².